The summed E-state index contributed by atoms with van der Waals surface area (Å²) in [6, 6.07) is 4.49. The summed E-state index contributed by atoms with van der Waals surface area (Å²) in [5, 5.41) is 8.95. The second-order valence-corrected chi connectivity index (χ2v) is 3.23. The lowest BCUT2D eigenvalue weighted by atomic mass is 10.1. The normalized spacial score (nSPS) is 9.29. The molecule has 1 aromatic carbocycles. The Morgan fingerprint density at radius 1 is 1.43 bits per heavy atom. The van der Waals surface area contributed by atoms with E-state index in [4.69, 9.17) is 28.5 Å². The van der Waals surface area contributed by atoms with Gasteiger partial charge < -0.3 is 4.74 Å². The van der Waals surface area contributed by atoms with Crippen LogP contribution >= 0.6 is 23.2 Å². The molecular weight excluding hydrogens is 225 g/mol. The Hall–Kier alpha value is -1.24. The quantitative estimate of drug-likeness (QED) is 0.696. The zero-order chi connectivity index (χ0) is 10.7. The van der Waals surface area contributed by atoms with Crippen molar-refractivity contribution in [3.05, 3.63) is 33.3 Å². The monoisotopic (exact) mass is 229 g/mol. The van der Waals surface area contributed by atoms with Crippen molar-refractivity contribution in [3.8, 4) is 6.07 Å². The van der Waals surface area contributed by atoms with E-state index in [1.54, 1.807) is 0 Å². The summed E-state index contributed by atoms with van der Waals surface area (Å²) in [6.07, 6.45) is 0. The number of nitrogens with zero attached hydrogens (tertiary/aromatic N) is 1. The second-order valence-electron chi connectivity index (χ2n) is 2.42. The Morgan fingerprint density at radius 3 is 2.57 bits per heavy atom. The molecule has 1 rings (SSSR count). The number of rotatable bonds is 1. The molecule has 0 fully saturated rings. The van der Waals surface area contributed by atoms with Gasteiger partial charge in [-0.05, 0) is 12.1 Å². The Bertz CT molecular complexity index is 424. The lowest BCUT2D eigenvalue weighted by Crippen LogP contribution is -2.02. The minimum absolute atomic E-state index is 0.151. The van der Waals surface area contributed by atoms with E-state index in [0.717, 1.165) is 0 Å². The fourth-order valence-electron chi connectivity index (χ4n) is 0.899. The van der Waals surface area contributed by atoms with Gasteiger partial charge in [0, 0.05) is 0 Å². The van der Waals surface area contributed by atoms with Gasteiger partial charge in [-0.25, -0.2) is 4.79 Å². The number of nitriles is 1. The zero-order valence-corrected chi connectivity index (χ0v) is 8.69. The molecular formula is C9H5Cl2NO2. The maximum Gasteiger partial charge on any atom is 0.339 e. The van der Waals surface area contributed by atoms with Gasteiger partial charge in [-0.3, -0.25) is 0 Å². The van der Waals surface area contributed by atoms with E-state index in [-0.39, 0.29) is 21.2 Å². The van der Waals surface area contributed by atoms with Crippen LogP contribution in [0, 0.1) is 11.3 Å². The summed E-state index contributed by atoms with van der Waals surface area (Å²) in [7, 11) is 1.24. The first-order valence-corrected chi connectivity index (χ1v) is 4.33. The number of benzene rings is 1. The van der Waals surface area contributed by atoms with E-state index in [0.29, 0.717) is 0 Å². The Kier molecular flexibility index (Phi) is 3.34. The van der Waals surface area contributed by atoms with E-state index >= 15 is 0 Å². The highest BCUT2D eigenvalue weighted by Crippen LogP contribution is 2.25. The van der Waals surface area contributed by atoms with Crippen molar-refractivity contribution in [2.24, 2.45) is 0 Å². The van der Waals surface area contributed by atoms with Crippen LogP contribution in [0.1, 0.15) is 15.9 Å². The maximum absolute atomic E-state index is 11.1. The zero-order valence-electron chi connectivity index (χ0n) is 7.17. The van der Waals surface area contributed by atoms with Crippen molar-refractivity contribution in [1.82, 2.24) is 0 Å². The molecule has 0 aliphatic carbocycles. The first-order chi connectivity index (χ1) is 6.60. The van der Waals surface area contributed by atoms with Crippen molar-refractivity contribution in [1.29, 1.82) is 5.26 Å². The molecule has 0 saturated heterocycles. The lowest BCUT2D eigenvalue weighted by Gasteiger charge is -2.03. The number of esters is 1. The average Bonchev–Trinajstić information content (AvgIpc) is 2.19. The van der Waals surface area contributed by atoms with Crippen LogP contribution < -0.4 is 0 Å². The van der Waals surface area contributed by atoms with Crippen LogP contribution in [-0.4, -0.2) is 13.1 Å². The van der Waals surface area contributed by atoms with Crippen molar-refractivity contribution < 1.29 is 9.53 Å². The van der Waals surface area contributed by atoms with Crippen molar-refractivity contribution >= 4 is 29.2 Å². The summed E-state index contributed by atoms with van der Waals surface area (Å²) >= 11 is 11.5. The van der Waals surface area contributed by atoms with Gasteiger partial charge in [0.1, 0.15) is 6.07 Å². The van der Waals surface area contributed by atoms with Crippen molar-refractivity contribution in [2.75, 3.05) is 7.11 Å². The minimum Gasteiger partial charge on any atom is -0.465 e. The number of hydrogen-bond donors (Lipinski definition) is 0. The number of halogens is 2. The predicted molar refractivity (Wildman–Crippen MR) is 52.5 cm³/mol. The summed E-state index contributed by atoms with van der Waals surface area (Å²) in [6.45, 7) is 0. The highest BCUT2D eigenvalue weighted by atomic mass is 35.5. The number of carbonyl (C=O) groups excluding carboxylic acids is 1. The van der Waals surface area contributed by atoms with Gasteiger partial charge in [0.25, 0.3) is 0 Å². The molecule has 14 heavy (non-hydrogen) atoms. The molecule has 0 unspecified atom stereocenters. The topological polar surface area (TPSA) is 50.1 Å². The summed E-state index contributed by atoms with van der Waals surface area (Å²) in [4.78, 5) is 11.1. The number of ether oxygens (including phenoxy) is 1. The molecule has 1 aromatic rings. The Morgan fingerprint density at radius 2 is 2.07 bits per heavy atom. The fraction of sp³-hybridized carbons (Fsp3) is 0.111. The largest absolute Gasteiger partial charge is 0.465 e. The summed E-state index contributed by atoms with van der Waals surface area (Å²) in [5.41, 5.74) is 0.377. The SMILES string of the molecule is COC(=O)c1cc(Cl)c(C#N)cc1Cl. The van der Waals surface area contributed by atoms with Gasteiger partial charge >= 0.3 is 5.97 Å². The van der Waals surface area contributed by atoms with Gasteiger partial charge in [0.2, 0.25) is 0 Å². The molecule has 0 aromatic heterocycles. The van der Waals surface area contributed by atoms with E-state index in [1.165, 1.54) is 19.2 Å². The molecule has 5 heteroatoms. The van der Waals surface area contributed by atoms with Gasteiger partial charge in [0.15, 0.2) is 0 Å². The third-order valence-corrected chi connectivity index (χ3v) is 2.21. The van der Waals surface area contributed by atoms with Crippen LogP contribution in [0.15, 0.2) is 12.1 Å². The maximum atomic E-state index is 11.1. The third-order valence-electron chi connectivity index (χ3n) is 1.58. The molecule has 0 spiro atoms. The van der Waals surface area contributed by atoms with Crippen LogP contribution in [0.2, 0.25) is 10.0 Å². The fourth-order valence-corrected chi connectivity index (χ4v) is 1.35. The van der Waals surface area contributed by atoms with Gasteiger partial charge in [0.05, 0.1) is 28.3 Å². The van der Waals surface area contributed by atoms with Gasteiger partial charge in [-0.15, -0.1) is 0 Å². The van der Waals surface area contributed by atoms with Crippen LogP contribution in [0.3, 0.4) is 0 Å². The molecule has 72 valence electrons. The van der Waals surface area contributed by atoms with E-state index in [9.17, 15) is 4.79 Å². The molecule has 0 aliphatic rings. The van der Waals surface area contributed by atoms with Crippen LogP contribution in [0.4, 0.5) is 0 Å². The van der Waals surface area contributed by atoms with E-state index in [1.807, 2.05) is 6.07 Å². The third kappa shape index (κ3) is 1.98. The molecule has 0 heterocycles. The first-order valence-electron chi connectivity index (χ1n) is 3.57. The standard InChI is InChI=1S/C9H5Cl2NO2/c1-14-9(13)6-3-7(10)5(4-12)2-8(6)11/h2-3H,1H3. The minimum atomic E-state index is -0.582. The van der Waals surface area contributed by atoms with E-state index < -0.39 is 5.97 Å². The van der Waals surface area contributed by atoms with Gasteiger partial charge in [-0.2, -0.15) is 5.26 Å². The highest BCUT2D eigenvalue weighted by Gasteiger charge is 2.13. The van der Waals surface area contributed by atoms with Crippen molar-refractivity contribution in [3.63, 3.8) is 0 Å². The first kappa shape index (κ1) is 10.8. The number of hydrogen-bond acceptors (Lipinski definition) is 3. The van der Waals surface area contributed by atoms with Crippen LogP contribution in [0.25, 0.3) is 0 Å². The number of methoxy groups -OCH3 is 1. The molecule has 0 aliphatic heterocycles. The molecule has 0 amide bonds. The molecule has 0 saturated carbocycles. The smallest absolute Gasteiger partial charge is 0.339 e. The summed E-state index contributed by atoms with van der Waals surface area (Å²) in [5.74, 6) is -0.582. The van der Waals surface area contributed by atoms with Crippen molar-refractivity contribution in [2.45, 2.75) is 0 Å². The molecule has 3 nitrogen and oxygen atoms in total. The van der Waals surface area contributed by atoms with Gasteiger partial charge in [-0.1, -0.05) is 23.2 Å². The highest BCUT2D eigenvalue weighted by molar-refractivity contribution is 6.36. The number of carbonyl (C=O) groups is 1. The second kappa shape index (κ2) is 4.32. The molecule has 0 N–H and O–H groups in total. The van der Waals surface area contributed by atoms with E-state index in [2.05, 4.69) is 4.74 Å². The van der Waals surface area contributed by atoms with Crippen LogP contribution in [-0.2, 0) is 4.74 Å². The molecule has 0 atom stereocenters. The van der Waals surface area contributed by atoms with Crippen LogP contribution in [0.5, 0.6) is 0 Å². The lowest BCUT2D eigenvalue weighted by molar-refractivity contribution is 0.0601. The predicted octanol–water partition coefficient (Wildman–Crippen LogP) is 2.65. The summed E-state index contributed by atoms with van der Waals surface area (Å²) < 4.78 is 4.48. The Balaban J connectivity index is 3.30. The molecule has 0 bridgehead atoms. The average molecular weight is 230 g/mol. The molecule has 0 radical (unpaired) electrons. The Labute approximate surface area is 90.8 Å².